The second-order valence-electron chi connectivity index (χ2n) is 2.62. The van der Waals surface area contributed by atoms with Crippen molar-refractivity contribution in [2.24, 2.45) is 0 Å². The van der Waals surface area contributed by atoms with E-state index >= 15 is 0 Å². The summed E-state index contributed by atoms with van der Waals surface area (Å²) in [4.78, 5) is 8.27. The van der Waals surface area contributed by atoms with Crippen LogP contribution in [0.3, 0.4) is 0 Å². The number of allylic oxidation sites excluding steroid dienone is 1. The molecular formula is C9H11ClN2. The van der Waals surface area contributed by atoms with Crippen LogP contribution in [0.1, 0.15) is 17.1 Å². The van der Waals surface area contributed by atoms with Crippen LogP contribution >= 0.6 is 11.6 Å². The fourth-order valence-electron chi connectivity index (χ4n) is 1.07. The average molecular weight is 183 g/mol. The van der Waals surface area contributed by atoms with Crippen LogP contribution in [0.2, 0.25) is 5.15 Å². The molecule has 0 aliphatic rings. The summed E-state index contributed by atoms with van der Waals surface area (Å²) in [6.07, 6.45) is 2.53. The van der Waals surface area contributed by atoms with E-state index in [9.17, 15) is 0 Å². The van der Waals surface area contributed by atoms with Crippen LogP contribution in [-0.4, -0.2) is 9.97 Å². The lowest BCUT2D eigenvalue weighted by Gasteiger charge is -2.04. The van der Waals surface area contributed by atoms with Gasteiger partial charge in [-0.1, -0.05) is 17.7 Å². The maximum absolute atomic E-state index is 5.91. The molecule has 0 unspecified atom stereocenters. The zero-order valence-corrected chi connectivity index (χ0v) is 8.02. The number of aryl methyl sites for hydroxylation is 2. The molecule has 0 fully saturated rings. The highest BCUT2D eigenvalue weighted by Gasteiger charge is 2.05. The third-order valence-electron chi connectivity index (χ3n) is 1.62. The number of rotatable bonds is 2. The van der Waals surface area contributed by atoms with Gasteiger partial charge in [0.2, 0.25) is 0 Å². The van der Waals surface area contributed by atoms with Gasteiger partial charge in [-0.25, -0.2) is 9.97 Å². The van der Waals surface area contributed by atoms with E-state index in [1.54, 1.807) is 6.08 Å². The summed E-state index contributed by atoms with van der Waals surface area (Å²) in [5.41, 5.74) is 1.91. The standard InChI is InChI=1S/C9H11ClN2/c1-4-5-8-6(2)11-7(3)12-9(8)10/h4H,1,5H2,2-3H3. The molecule has 1 heterocycles. The molecule has 0 aromatic carbocycles. The van der Waals surface area contributed by atoms with Gasteiger partial charge in [-0.05, 0) is 20.3 Å². The first-order valence-corrected chi connectivity index (χ1v) is 4.13. The van der Waals surface area contributed by atoms with E-state index in [4.69, 9.17) is 11.6 Å². The Hall–Kier alpha value is -0.890. The maximum atomic E-state index is 5.91. The van der Waals surface area contributed by atoms with E-state index in [1.165, 1.54) is 0 Å². The van der Waals surface area contributed by atoms with Gasteiger partial charge >= 0.3 is 0 Å². The highest BCUT2D eigenvalue weighted by Crippen LogP contribution is 2.16. The summed E-state index contributed by atoms with van der Waals surface area (Å²) in [5.74, 6) is 0.713. The molecule has 0 saturated carbocycles. The first-order valence-electron chi connectivity index (χ1n) is 3.75. The van der Waals surface area contributed by atoms with E-state index in [1.807, 2.05) is 13.8 Å². The van der Waals surface area contributed by atoms with Gasteiger partial charge in [0, 0.05) is 11.3 Å². The lowest BCUT2D eigenvalue weighted by atomic mass is 10.2. The Morgan fingerprint density at radius 1 is 1.42 bits per heavy atom. The lowest BCUT2D eigenvalue weighted by molar-refractivity contribution is 0.968. The second-order valence-corrected chi connectivity index (χ2v) is 2.98. The predicted octanol–water partition coefficient (Wildman–Crippen LogP) is 2.48. The van der Waals surface area contributed by atoms with E-state index < -0.39 is 0 Å². The molecule has 0 saturated heterocycles. The number of halogens is 1. The van der Waals surface area contributed by atoms with Crippen molar-refractivity contribution in [3.63, 3.8) is 0 Å². The van der Waals surface area contributed by atoms with E-state index in [-0.39, 0.29) is 0 Å². The van der Waals surface area contributed by atoms with Crippen molar-refractivity contribution in [3.05, 3.63) is 34.9 Å². The summed E-state index contributed by atoms with van der Waals surface area (Å²) in [7, 11) is 0. The Morgan fingerprint density at radius 2 is 2.08 bits per heavy atom. The van der Waals surface area contributed by atoms with Crippen LogP contribution in [0, 0.1) is 13.8 Å². The fourth-order valence-corrected chi connectivity index (χ4v) is 1.41. The summed E-state index contributed by atoms with van der Waals surface area (Å²) in [6, 6.07) is 0. The molecule has 3 heteroatoms. The Morgan fingerprint density at radius 3 is 2.58 bits per heavy atom. The molecular weight excluding hydrogens is 172 g/mol. The topological polar surface area (TPSA) is 25.8 Å². The van der Waals surface area contributed by atoms with Gasteiger partial charge < -0.3 is 0 Å². The molecule has 0 N–H and O–H groups in total. The van der Waals surface area contributed by atoms with E-state index in [0.29, 0.717) is 11.0 Å². The third-order valence-corrected chi connectivity index (χ3v) is 1.94. The largest absolute Gasteiger partial charge is 0.238 e. The van der Waals surface area contributed by atoms with Crippen LogP contribution in [0.15, 0.2) is 12.7 Å². The highest BCUT2D eigenvalue weighted by molar-refractivity contribution is 6.30. The van der Waals surface area contributed by atoms with Crippen LogP contribution in [0.4, 0.5) is 0 Å². The smallest absolute Gasteiger partial charge is 0.136 e. The fraction of sp³-hybridized carbons (Fsp3) is 0.333. The van der Waals surface area contributed by atoms with Crippen molar-refractivity contribution in [2.45, 2.75) is 20.3 Å². The third kappa shape index (κ3) is 1.83. The van der Waals surface area contributed by atoms with Crippen LogP contribution in [-0.2, 0) is 6.42 Å². The Kier molecular flexibility index (Phi) is 2.82. The first-order chi connectivity index (χ1) is 5.65. The minimum atomic E-state index is 0.542. The minimum Gasteiger partial charge on any atom is -0.238 e. The molecule has 0 atom stereocenters. The van der Waals surface area contributed by atoms with Crippen LogP contribution in [0.5, 0.6) is 0 Å². The molecule has 12 heavy (non-hydrogen) atoms. The van der Waals surface area contributed by atoms with Crippen molar-refractivity contribution in [1.29, 1.82) is 0 Å². The molecule has 1 rings (SSSR count). The zero-order chi connectivity index (χ0) is 9.14. The summed E-state index contributed by atoms with van der Waals surface area (Å²) >= 11 is 5.91. The van der Waals surface area contributed by atoms with Crippen molar-refractivity contribution < 1.29 is 0 Å². The Bertz CT molecular complexity index is 284. The van der Waals surface area contributed by atoms with Gasteiger partial charge in [-0.3, -0.25) is 0 Å². The van der Waals surface area contributed by atoms with Crippen LogP contribution in [0.25, 0.3) is 0 Å². The van der Waals surface area contributed by atoms with Gasteiger partial charge in [-0.2, -0.15) is 0 Å². The van der Waals surface area contributed by atoms with Gasteiger partial charge in [0.15, 0.2) is 0 Å². The van der Waals surface area contributed by atoms with Crippen molar-refractivity contribution in [2.75, 3.05) is 0 Å². The van der Waals surface area contributed by atoms with Crippen LogP contribution < -0.4 is 0 Å². The monoisotopic (exact) mass is 182 g/mol. The SMILES string of the molecule is C=CCc1c(C)nc(C)nc1Cl. The molecule has 2 nitrogen and oxygen atoms in total. The normalized spacial score (nSPS) is 9.92. The number of aromatic nitrogens is 2. The molecule has 64 valence electrons. The molecule has 0 aliphatic carbocycles. The summed E-state index contributed by atoms with van der Waals surface area (Å²) in [5, 5.41) is 0.542. The zero-order valence-electron chi connectivity index (χ0n) is 7.26. The molecule has 0 aliphatic heterocycles. The minimum absolute atomic E-state index is 0.542. The van der Waals surface area contributed by atoms with Gasteiger partial charge in [0.25, 0.3) is 0 Å². The quantitative estimate of drug-likeness (QED) is 0.519. The van der Waals surface area contributed by atoms with Gasteiger partial charge in [0.1, 0.15) is 11.0 Å². The van der Waals surface area contributed by atoms with E-state index in [0.717, 1.165) is 17.7 Å². The van der Waals surface area contributed by atoms with Gasteiger partial charge in [-0.15, -0.1) is 6.58 Å². The Balaban J connectivity index is 3.18. The van der Waals surface area contributed by atoms with E-state index in [2.05, 4.69) is 16.5 Å². The van der Waals surface area contributed by atoms with Crippen molar-refractivity contribution in [3.8, 4) is 0 Å². The van der Waals surface area contributed by atoms with Gasteiger partial charge in [0.05, 0.1) is 0 Å². The molecule has 1 aromatic heterocycles. The lowest BCUT2D eigenvalue weighted by Crippen LogP contribution is -1.98. The summed E-state index contributed by atoms with van der Waals surface area (Å²) in [6.45, 7) is 7.41. The van der Waals surface area contributed by atoms with Crippen molar-refractivity contribution in [1.82, 2.24) is 9.97 Å². The van der Waals surface area contributed by atoms with Crippen molar-refractivity contribution >= 4 is 11.6 Å². The Labute approximate surface area is 77.3 Å². The molecule has 1 aromatic rings. The molecule has 0 bridgehead atoms. The number of hydrogen-bond donors (Lipinski definition) is 0. The molecule has 0 radical (unpaired) electrons. The maximum Gasteiger partial charge on any atom is 0.136 e. The highest BCUT2D eigenvalue weighted by atomic mass is 35.5. The second kappa shape index (κ2) is 3.68. The summed E-state index contributed by atoms with van der Waals surface area (Å²) < 4.78 is 0. The first kappa shape index (κ1) is 9.20. The predicted molar refractivity (Wildman–Crippen MR) is 50.4 cm³/mol. The molecule has 0 spiro atoms. The number of hydrogen-bond acceptors (Lipinski definition) is 2. The number of nitrogens with zero attached hydrogens (tertiary/aromatic N) is 2. The molecule has 0 amide bonds. The average Bonchev–Trinajstić information content (AvgIpc) is 1.96.